The van der Waals surface area contributed by atoms with E-state index in [1.54, 1.807) is 12.4 Å². The average molecular weight is 207 g/mol. The van der Waals surface area contributed by atoms with E-state index in [-0.39, 0.29) is 0 Å². The first kappa shape index (κ1) is 10.1. The first-order chi connectivity index (χ1) is 7.12. The van der Waals surface area contributed by atoms with E-state index in [1.807, 2.05) is 19.1 Å². The van der Waals surface area contributed by atoms with Gasteiger partial charge in [0.15, 0.2) is 6.10 Å². The first-order valence-corrected chi connectivity index (χ1v) is 4.93. The maximum absolute atomic E-state index is 10.8. The maximum atomic E-state index is 10.8. The van der Waals surface area contributed by atoms with Gasteiger partial charge in [0.1, 0.15) is 0 Å². The van der Waals surface area contributed by atoms with Crippen molar-refractivity contribution in [2.24, 2.45) is 0 Å². The van der Waals surface area contributed by atoms with Crippen LogP contribution in [0.1, 0.15) is 25.3 Å². The minimum absolute atomic E-state index is 0.503. The largest absolute Gasteiger partial charge is 0.479 e. The molecule has 1 aliphatic rings. The normalized spacial score (nSPS) is 30.3. The SMILES string of the molecule is CC1(c2cccnc2)CCC(C(=O)O)O1. The quantitative estimate of drug-likeness (QED) is 0.799. The molecule has 80 valence electrons. The van der Waals surface area contributed by atoms with Crippen LogP contribution in [0.3, 0.4) is 0 Å². The van der Waals surface area contributed by atoms with Gasteiger partial charge in [0.05, 0.1) is 5.60 Å². The summed E-state index contributed by atoms with van der Waals surface area (Å²) in [5.41, 5.74) is 0.436. The molecule has 2 heterocycles. The zero-order valence-electron chi connectivity index (χ0n) is 8.51. The van der Waals surface area contributed by atoms with Gasteiger partial charge in [-0.2, -0.15) is 0 Å². The lowest BCUT2D eigenvalue weighted by atomic mass is 9.94. The van der Waals surface area contributed by atoms with Gasteiger partial charge in [0, 0.05) is 18.0 Å². The lowest BCUT2D eigenvalue weighted by Crippen LogP contribution is -2.26. The van der Waals surface area contributed by atoms with Gasteiger partial charge in [-0.15, -0.1) is 0 Å². The monoisotopic (exact) mass is 207 g/mol. The van der Waals surface area contributed by atoms with E-state index < -0.39 is 17.7 Å². The van der Waals surface area contributed by atoms with Crippen molar-refractivity contribution in [1.82, 2.24) is 4.98 Å². The molecule has 1 aliphatic heterocycles. The van der Waals surface area contributed by atoms with E-state index in [9.17, 15) is 4.79 Å². The lowest BCUT2D eigenvalue weighted by molar-refractivity contribution is -0.154. The first-order valence-electron chi connectivity index (χ1n) is 4.93. The second-order valence-corrected chi connectivity index (χ2v) is 3.96. The highest BCUT2D eigenvalue weighted by atomic mass is 16.5. The number of ether oxygens (including phenoxy) is 1. The molecule has 2 rings (SSSR count). The van der Waals surface area contributed by atoms with Crippen LogP contribution in [0.15, 0.2) is 24.5 Å². The molecule has 0 aliphatic carbocycles. The van der Waals surface area contributed by atoms with Crippen LogP contribution in [-0.2, 0) is 15.1 Å². The zero-order chi connectivity index (χ0) is 10.9. The number of hydrogen-bond acceptors (Lipinski definition) is 3. The van der Waals surface area contributed by atoms with Crippen LogP contribution in [0, 0.1) is 0 Å². The van der Waals surface area contributed by atoms with Gasteiger partial charge in [-0.25, -0.2) is 4.79 Å². The molecular weight excluding hydrogens is 194 g/mol. The van der Waals surface area contributed by atoms with Crippen molar-refractivity contribution in [2.45, 2.75) is 31.5 Å². The minimum Gasteiger partial charge on any atom is -0.479 e. The second kappa shape index (κ2) is 3.62. The molecule has 1 N–H and O–H groups in total. The van der Waals surface area contributed by atoms with E-state index in [2.05, 4.69) is 4.98 Å². The summed E-state index contributed by atoms with van der Waals surface area (Å²) >= 11 is 0. The van der Waals surface area contributed by atoms with Crippen LogP contribution in [-0.4, -0.2) is 22.2 Å². The van der Waals surface area contributed by atoms with Gasteiger partial charge >= 0.3 is 5.97 Å². The molecule has 1 aromatic rings. The summed E-state index contributed by atoms with van der Waals surface area (Å²) in [5.74, 6) is -0.886. The molecule has 0 spiro atoms. The number of aliphatic carboxylic acids is 1. The van der Waals surface area contributed by atoms with Crippen LogP contribution < -0.4 is 0 Å². The molecule has 0 radical (unpaired) electrons. The Hall–Kier alpha value is -1.42. The van der Waals surface area contributed by atoms with Gasteiger partial charge in [-0.1, -0.05) is 6.07 Å². The Morgan fingerprint density at radius 3 is 3.07 bits per heavy atom. The fourth-order valence-electron chi connectivity index (χ4n) is 1.90. The minimum atomic E-state index is -0.886. The van der Waals surface area contributed by atoms with Crippen molar-refractivity contribution in [1.29, 1.82) is 0 Å². The molecule has 1 aromatic heterocycles. The summed E-state index contributed by atoms with van der Waals surface area (Å²) in [4.78, 5) is 14.8. The van der Waals surface area contributed by atoms with Crippen molar-refractivity contribution in [3.63, 3.8) is 0 Å². The third-order valence-electron chi connectivity index (χ3n) is 2.83. The van der Waals surface area contributed by atoms with Gasteiger partial charge in [0.2, 0.25) is 0 Å². The Morgan fingerprint density at radius 2 is 2.53 bits per heavy atom. The Bertz CT molecular complexity index is 365. The van der Waals surface area contributed by atoms with Crippen LogP contribution in [0.25, 0.3) is 0 Å². The molecule has 0 amide bonds. The predicted molar refractivity (Wildman–Crippen MR) is 53.3 cm³/mol. The van der Waals surface area contributed by atoms with Crippen molar-refractivity contribution in [2.75, 3.05) is 0 Å². The fraction of sp³-hybridized carbons (Fsp3) is 0.455. The predicted octanol–water partition coefficient (Wildman–Crippen LogP) is 1.56. The number of pyridine rings is 1. The van der Waals surface area contributed by atoms with Crippen molar-refractivity contribution < 1.29 is 14.6 Å². The standard InChI is InChI=1S/C11H13NO3/c1-11(8-3-2-6-12-7-8)5-4-9(15-11)10(13)14/h2-3,6-7,9H,4-5H2,1H3,(H,13,14). The molecular formula is C11H13NO3. The van der Waals surface area contributed by atoms with Crippen LogP contribution in [0.5, 0.6) is 0 Å². The molecule has 15 heavy (non-hydrogen) atoms. The summed E-state index contributed by atoms with van der Waals surface area (Å²) in [6, 6.07) is 3.75. The van der Waals surface area contributed by atoms with E-state index in [0.717, 1.165) is 12.0 Å². The number of aromatic nitrogens is 1. The molecule has 0 bridgehead atoms. The molecule has 2 unspecified atom stereocenters. The van der Waals surface area contributed by atoms with Gasteiger partial charge < -0.3 is 9.84 Å². The Labute approximate surface area is 87.9 Å². The Morgan fingerprint density at radius 1 is 1.73 bits per heavy atom. The Kier molecular flexibility index (Phi) is 2.44. The number of carbonyl (C=O) groups is 1. The summed E-state index contributed by atoms with van der Waals surface area (Å²) in [6.45, 7) is 1.91. The highest BCUT2D eigenvalue weighted by Gasteiger charge is 2.40. The maximum Gasteiger partial charge on any atom is 0.332 e. The number of nitrogens with zero attached hydrogens (tertiary/aromatic N) is 1. The number of carboxylic acid groups (broad SMARTS) is 1. The third-order valence-corrected chi connectivity index (χ3v) is 2.83. The number of hydrogen-bond donors (Lipinski definition) is 1. The number of carboxylic acids is 1. The van der Waals surface area contributed by atoms with Crippen LogP contribution in [0.2, 0.25) is 0 Å². The molecule has 2 atom stereocenters. The van der Waals surface area contributed by atoms with E-state index in [1.165, 1.54) is 0 Å². The van der Waals surface area contributed by atoms with E-state index >= 15 is 0 Å². The molecule has 0 saturated carbocycles. The van der Waals surface area contributed by atoms with E-state index in [0.29, 0.717) is 6.42 Å². The molecule has 0 aromatic carbocycles. The molecule has 1 fully saturated rings. The average Bonchev–Trinajstić information content (AvgIpc) is 2.64. The van der Waals surface area contributed by atoms with Crippen LogP contribution in [0.4, 0.5) is 0 Å². The molecule has 4 heteroatoms. The van der Waals surface area contributed by atoms with Crippen molar-refractivity contribution in [3.8, 4) is 0 Å². The summed E-state index contributed by atoms with van der Waals surface area (Å²) in [5, 5.41) is 8.85. The lowest BCUT2D eigenvalue weighted by Gasteiger charge is -2.23. The van der Waals surface area contributed by atoms with Crippen molar-refractivity contribution in [3.05, 3.63) is 30.1 Å². The fourth-order valence-corrected chi connectivity index (χ4v) is 1.90. The topological polar surface area (TPSA) is 59.4 Å². The summed E-state index contributed by atoms with van der Waals surface area (Å²) < 4.78 is 5.56. The zero-order valence-corrected chi connectivity index (χ0v) is 8.51. The van der Waals surface area contributed by atoms with E-state index in [4.69, 9.17) is 9.84 Å². The molecule has 1 saturated heterocycles. The summed E-state index contributed by atoms with van der Waals surface area (Å²) in [6.07, 6.45) is 4.01. The highest BCUT2D eigenvalue weighted by Crippen LogP contribution is 2.38. The van der Waals surface area contributed by atoms with Gasteiger partial charge in [-0.3, -0.25) is 4.98 Å². The van der Waals surface area contributed by atoms with Crippen LogP contribution >= 0.6 is 0 Å². The number of rotatable bonds is 2. The van der Waals surface area contributed by atoms with Gasteiger partial charge in [0.25, 0.3) is 0 Å². The Balaban J connectivity index is 2.20. The van der Waals surface area contributed by atoms with Gasteiger partial charge in [-0.05, 0) is 25.8 Å². The van der Waals surface area contributed by atoms with Crippen molar-refractivity contribution >= 4 is 5.97 Å². The highest BCUT2D eigenvalue weighted by molar-refractivity contribution is 5.72. The third kappa shape index (κ3) is 1.85. The molecule has 4 nitrogen and oxygen atoms in total. The second-order valence-electron chi connectivity index (χ2n) is 3.96. The summed E-state index contributed by atoms with van der Waals surface area (Å²) in [7, 11) is 0. The smallest absolute Gasteiger partial charge is 0.332 e.